The monoisotopic (exact) mass is 272 g/mol. The van der Waals surface area contributed by atoms with Gasteiger partial charge in [-0.1, -0.05) is 13.8 Å². The second kappa shape index (κ2) is 8.90. The van der Waals surface area contributed by atoms with E-state index in [1.165, 1.54) is 0 Å². The summed E-state index contributed by atoms with van der Waals surface area (Å²) in [5.41, 5.74) is 0.147. The summed E-state index contributed by atoms with van der Waals surface area (Å²) in [6.45, 7) is 15.3. The Morgan fingerprint density at radius 2 is 1.95 bits per heavy atom. The van der Waals surface area contributed by atoms with Gasteiger partial charge >= 0.3 is 0 Å². The van der Waals surface area contributed by atoms with Gasteiger partial charge in [0.25, 0.3) is 0 Å². The highest BCUT2D eigenvalue weighted by Gasteiger charge is 2.38. The van der Waals surface area contributed by atoms with E-state index in [1.54, 1.807) is 0 Å². The van der Waals surface area contributed by atoms with Crippen molar-refractivity contribution in [1.82, 2.24) is 10.2 Å². The fourth-order valence-corrected chi connectivity index (χ4v) is 2.78. The number of nitrogens with zero attached hydrogens (tertiary/aromatic N) is 1. The molecule has 0 saturated carbocycles. The second-order valence-electron chi connectivity index (χ2n) is 5.48. The third kappa shape index (κ3) is 4.71. The van der Waals surface area contributed by atoms with Crippen LogP contribution >= 0.6 is 0 Å². The molecule has 0 bridgehead atoms. The van der Waals surface area contributed by atoms with Gasteiger partial charge in [0.1, 0.15) is 0 Å². The van der Waals surface area contributed by atoms with Crippen molar-refractivity contribution in [3.8, 4) is 0 Å². The van der Waals surface area contributed by atoms with E-state index in [0.717, 1.165) is 58.9 Å². The molecule has 1 N–H and O–H groups in total. The van der Waals surface area contributed by atoms with Crippen molar-refractivity contribution in [2.24, 2.45) is 0 Å². The van der Waals surface area contributed by atoms with Crippen molar-refractivity contribution in [2.75, 3.05) is 46.1 Å². The summed E-state index contributed by atoms with van der Waals surface area (Å²) >= 11 is 0. The molecule has 0 spiro atoms. The van der Waals surface area contributed by atoms with E-state index in [9.17, 15) is 0 Å². The molecule has 4 heteroatoms. The molecular formula is C15H32N2O2. The molecule has 1 aliphatic rings. The van der Waals surface area contributed by atoms with Crippen LogP contribution in [0.25, 0.3) is 0 Å². The fraction of sp³-hybridized carbons (Fsp3) is 1.00. The van der Waals surface area contributed by atoms with Gasteiger partial charge in [-0.25, -0.2) is 0 Å². The first-order valence-electron chi connectivity index (χ1n) is 7.82. The number of morpholine rings is 1. The maximum Gasteiger partial charge on any atom is 0.0637 e. The zero-order valence-electron chi connectivity index (χ0n) is 13.2. The topological polar surface area (TPSA) is 33.7 Å². The summed E-state index contributed by atoms with van der Waals surface area (Å²) in [5, 5.41) is 3.69. The molecule has 2 atom stereocenters. The highest BCUT2D eigenvalue weighted by atomic mass is 16.5. The Labute approximate surface area is 118 Å². The lowest BCUT2D eigenvalue weighted by Gasteiger charge is -2.48. The van der Waals surface area contributed by atoms with Crippen molar-refractivity contribution < 1.29 is 9.47 Å². The van der Waals surface area contributed by atoms with Gasteiger partial charge in [0.05, 0.1) is 19.8 Å². The number of hydrogen-bond acceptors (Lipinski definition) is 4. The quantitative estimate of drug-likeness (QED) is 0.695. The van der Waals surface area contributed by atoms with E-state index >= 15 is 0 Å². The Balaban J connectivity index is 2.71. The average molecular weight is 272 g/mol. The van der Waals surface area contributed by atoms with E-state index in [0.29, 0.717) is 6.04 Å². The van der Waals surface area contributed by atoms with Crippen LogP contribution in [0.4, 0.5) is 0 Å². The molecular weight excluding hydrogens is 240 g/mol. The first-order valence-corrected chi connectivity index (χ1v) is 7.82. The Bertz CT molecular complexity index is 224. The predicted molar refractivity (Wildman–Crippen MR) is 79.7 cm³/mol. The minimum Gasteiger partial charge on any atom is -0.380 e. The van der Waals surface area contributed by atoms with Crippen LogP contribution in [-0.2, 0) is 9.47 Å². The molecule has 1 aliphatic heterocycles. The van der Waals surface area contributed by atoms with Crippen LogP contribution in [0.2, 0.25) is 0 Å². The molecule has 19 heavy (non-hydrogen) atoms. The third-order valence-electron chi connectivity index (χ3n) is 4.33. The number of hydrogen-bond donors (Lipinski definition) is 1. The van der Waals surface area contributed by atoms with Crippen molar-refractivity contribution in [2.45, 2.75) is 52.1 Å². The van der Waals surface area contributed by atoms with Gasteiger partial charge in [-0.05, 0) is 33.2 Å². The molecule has 0 aromatic carbocycles. The second-order valence-corrected chi connectivity index (χ2v) is 5.48. The SMILES string of the molecule is CCCNC(COCC)C(C)(CC)N1CCOCC1. The minimum atomic E-state index is 0.147. The molecule has 0 aliphatic carbocycles. The molecule has 0 amide bonds. The molecule has 0 radical (unpaired) electrons. The van der Waals surface area contributed by atoms with E-state index < -0.39 is 0 Å². The summed E-state index contributed by atoms with van der Waals surface area (Å²) < 4.78 is 11.2. The third-order valence-corrected chi connectivity index (χ3v) is 4.33. The zero-order valence-corrected chi connectivity index (χ0v) is 13.2. The van der Waals surface area contributed by atoms with Crippen LogP contribution in [0, 0.1) is 0 Å². The molecule has 4 nitrogen and oxygen atoms in total. The van der Waals surface area contributed by atoms with Gasteiger partial charge in [0, 0.05) is 31.3 Å². The van der Waals surface area contributed by atoms with Crippen molar-refractivity contribution in [3.63, 3.8) is 0 Å². The van der Waals surface area contributed by atoms with Crippen LogP contribution in [-0.4, -0.2) is 62.5 Å². The Morgan fingerprint density at radius 1 is 1.26 bits per heavy atom. The van der Waals surface area contributed by atoms with Crippen LogP contribution in [0.15, 0.2) is 0 Å². The molecule has 1 heterocycles. The highest BCUT2D eigenvalue weighted by molar-refractivity contribution is 4.97. The lowest BCUT2D eigenvalue weighted by atomic mass is 9.87. The number of rotatable bonds is 9. The summed E-state index contributed by atoms with van der Waals surface area (Å²) in [4.78, 5) is 2.57. The maximum atomic E-state index is 5.71. The van der Waals surface area contributed by atoms with Crippen molar-refractivity contribution in [1.29, 1.82) is 0 Å². The molecule has 114 valence electrons. The van der Waals surface area contributed by atoms with Gasteiger partial charge in [0.2, 0.25) is 0 Å². The molecule has 2 unspecified atom stereocenters. The first kappa shape index (κ1) is 16.9. The van der Waals surface area contributed by atoms with Crippen molar-refractivity contribution in [3.05, 3.63) is 0 Å². The minimum absolute atomic E-state index is 0.147. The molecule has 1 rings (SSSR count). The van der Waals surface area contributed by atoms with E-state index in [4.69, 9.17) is 9.47 Å². The van der Waals surface area contributed by atoms with Gasteiger partial charge in [0.15, 0.2) is 0 Å². The molecule has 1 saturated heterocycles. The maximum absolute atomic E-state index is 5.71. The van der Waals surface area contributed by atoms with Crippen LogP contribution in [0.3, 0.4) is 0 Å². The lowest BCUT2D eigenvalue weighted by molar-refractivity contribution is -0.0458. The predicted octanol–water partition coefficient (Wildman–Crippen LogP) is 1.89. The summed E-state index contributed by atoms with van der Waals surface area (Å²) in [7, 11) is 0. The summed E-state index contributed by atoms with van der Waals surface area (Å²) in [6, 6.07) is 0.385. The van der Waals surface area contributed by atoms with Crippen LogP contribution in [0.5, 0.6) is 0 Å². The summed E-state index contributed by atoms with van der Waals surface area (Å²) in [6.07, 6.45) is 2.28. The van der Waals surface area contributed by atoms with Crippen LogP contribution in [0.1, 0.15) is 40.5 Å². The summed E-state index contributed by atoms with van der Waals surface area (Å²) in [5.74, 6) is 0. The molecule has 0 aromatic rings. The average Bonchev–Trinajstić information content (AvgIpc) is 2.47. The number of ether oxygens (including phenoxy) is 2. The van der Waals surface area contributed by atoms with Gasteiger partial charge in [-0.15, -0.1) is 0 Å². The standard InChI is InChI=1S/C15H32N2O2/c1-5-8-16-14(13-18-7-3)15(4,6-2)17-9-11-19-12-10-17/h14,16H,5-13H2,1-4H3. The van der Waals surface area contributed by atoms with E-state index in [-0.39, 0.29) is 5.54 Å². The molecule has 0 aromatic heterocycles. The Hall–Kier alpha value is -0.160. The van der Waals surface area contributed by atoms with Gasteiger partial charge in [-0.3, -0.25) is 4.90 Å². The largest absolute Gasteiger partial charge is 0.380 e. The smallest absolute Gasteiger partial charge is 0.0637 e. The molecule has 1 fully saturated rings. The lowest BCUT2D eigenvalue weighted by Crippen LogP contribution is -2.63. The number of nitrogens with one attached hydrogen (secondary N) is 1. The Kier molecular flexibility index (Phi) is 7.91. The van der Waals surface area contributed by atoms with Crippen molar-refractivity contribution >= 4 is 0 Å². The van der Waals surface area contributed by atoms with E-state index in [1.807, 2.05) is 0 Å². The first-order chi connectivity index (χ1) is 9.19. The van der Waals surface area contributed by atoms with E-state index in [2.05, 4.69) is 37.9 Å². The Morgan fingerprint density at radius 3 is 2.47 bits per heavy atom. The normalized spacial score (nSPS) is 22.1. The highest BCUT2D eigenvalue weighted by Crippen LogP contribution is 2.25. The zero-order chi connectivity index (χ0) is 14.1. The fourth-order valence-electron chi connectivity index (χ4n) is 2.78. The van der Waals surface area contributed by atoms with Gasteiger partial charge in [-0.2, -0.15) is 0 Å². The van der Waals surface area contributed by atoms with Crippen LogP contribution < -0.4 is 5.32 Å². The van der Waals surface area contributed by atoms with Gasteiger partial charge < -0.3 is 14.8 Å².